The van der Waals surface area contributed by atoms with Crippen LogP contribution in [0.25, 0.3) is 0 Å². The Morgan fingerprint density at radius 1 is 1.39 bits per heavy atom. The molecular weight excluding hydrogens is 244 g/mol. The van der Waals surface area contributed by atoms with Crippen molar-refractivity contribution >= 4 is 17.2 Å². The fourth-order valence-electron chi connectivity index (χ4n) is 1.61. The molecule has 0 spiro atoms. The van der Waals surface area contributed by atoms with Gasteiger partial charge in [-0.1, -0.05) is 38.4 Å². The van der Waals surface area contributed by atoms with Crippen LogP contribution in [0.4, 0.5) is 0 Å². The monoisotopic (exact) mass is 262 g/mol. The van der Waals surface area contributed by atoms with Gasteiger partial charge in [-0.2, -0.15) is 5.26 Å². The number of hydrogen-bond acceptors (Lipinski definition) is 3. The van der Waals surface area contributed by atoms with Crippen LogP contribution in [0.1, 0.15) is 43.7 Å². The Kier molecular flexibility index (Phi) is 6.16. The van der Waals surface area contributed by atoms with Crippen LogP contribution >= 0.6 is 12.2 Å². The lowest BCUT2D eigenvalue weighted by molar-refractivity contribution is 0.304. The van der Waals surface area contributed by atoms with Gasteiger partial charge in [-0.15, -0.1) is 0 Å². The lowest BCUT2D eigenvalue weighted by Gasteiger charge is -2.08. The largest absolute Gasteiger partial charge is 0.492 e. The molecule has 0 atom stereocenters. The summed E-state index contributed by atoms with van der Waals surface area (Å²) in [5.74, 6) is 0.606. The van der Waals surface area contributed by atoms with E-state index in [0.29, 0.717) is 28.5 Å². The zero-order valence-electron chi connectivity index (χ0n) is 10.6. The van der Waals surface area contributed by atoms with Crippen molar-refractivity contribution in [1.82, 2.24) is 0 Å². The zero-order valence-corrected chi connectivity index (χ0v) is 11.4. The molecule has 0 unspecified atom stereocenters. The summed E-state index contributed by atoms with van der Waals surface area (Å²) in [5, 5.41) is 9.05. The normalized spacial score (nSPS) is 9.78. The van der Waals surface area contributed by atoms with Crippen LogP contribution in [0.3, 0.4) is 0 Å². The van der Waals surface area contributed by atoms with Crippen molar-refractivity contribution in [2.75, 3.05) is 6.61 Å². The molecule has 0 saturated heterocycles. The number of nitrogens with zero attached hydrogens (tertiary/aromatic N) is 1. The summed E-state index contributed by atoms with van der Waals surface area (Å²) in [6.07, 6.45) is 4.58. The maximum absolute atomic E-state index is 9.05. The second-order valence-corrected chi connectivity index (χ2v) is 4.54. The van der Waals surface area contributed by atoms with Crippen LogP contribution in [-0.2, 0) is 0 Å². The van der Waals surface area contributed by atoms with Crippen molar-refractivity contribution in [3.05, 3.63) is 29.3 Å². The molecule has 0 saturated carbocycles. The smallest absolute Gasteiger partial charge is 0.137 e. The molecule has 2 N–H and O–H groups in total. The van der Waals surface area contributed by atoms with E-state index in [1.807, 2.05) is 0 Å². The summed E-state index contributed by atoms with van der Waals surface area (Å²) in [5.41, 5.74) is 6.70. The Morgan fingerprint density at radius 3 is 2.78 bits per heavy atom. The quantitative estimate of drug-likeness (QED) is 0.605. The van der Waals surface area contributed by atoms with E-state index >= 15 is 0 Å². The Balaban J connectivity index is 2.61. The fourth-order valence-corrected chi connectivity index (χ4v) is 1.73. The summed E-state index contributed by atoms with van der Waals surface area (Å²) in [6, 6.07) is 7.31. The SMILES string of the molecule is CCCCCCOc1ccc(C(N)=S)cc1C#N. The van der Waals surface area contributed by atoms with E-state index in [1.54, 1.807) is 18.2 Å². The second kappa shape index (κ2) is 7.67. The highest BCUT2D eigenvalue weighted by Gasteiger charge is 2.06. The molecule has 0 bridgehead atoms. The number of unbranched alkanes of at least 4 members (excludes halogenated alkanes) is 3. The number of benzene rings is 1. The van der Waals surface area contributed by atoms with Gasteiger partial charge in [-0.05, 0) is 24.6 Å². The highest BCUT2D eigenvalue weighted by atomic mass is 32.1. The number of nitriles is 1. The molecule has 1 aromatic carbocycles. The highest BCUT2D eigenvalue weighted by molar-refractivity contribution is 7.80. The van der Waals surface area contributed by atoms with E-state index < -0.39 is 0 Å². The average Bonchev–Trinajstić information content (AvgIpc) is 2.38. The lowest BCUT2D eigenvalue weighted by Crippen LogP contribution is -2.10. The number of ether oxygens (including phenoxy) is 1. The van der Waals surface area contributed by atoms with Gasteiger partial charge in [0.2, 0.25) is 0 Å². The molecule has 0 amide bonds. The minimum atomic E-state index is 0.293. The van der Waals surface area contributed by atoms with Gasteiger partial charge in [0.25, 0.3) is 0 Å². The Morgan fingerprint density at radius 2 is 2.17 bits per heavy atom. The fraction of sp³-hybridized carbons (Fsp3) is 0.429. The molecule has 0 aliphatic heterocycles. The number of hydrogen-bond donors (Lipinski definition) is 1. The summed E-state index contributed by atoms with van der Waals surface area (Å²) in [6.45, 7) is 2.81. The third kappa shape index (κ3) is 4.34. The minimum absolute atomic E-state index is 0.293. The van der Waals surface area contributed by atoms with E-state index in [-0.39, 0.29) is 0 Å². The predicted octanol–water partition coefficient (Wildman–Crippen LogP) is 3.15. The number of nitrogens with two attached hydrogens (primary N) is 1. The van der Waals surface area contributed by atoms with Gasteiger partial charge < -0.3 is 10.5 Å². The number of thiocarbonyl (C=S) groups is 1. The van der Waals surface area contributed by atoms with Crippen molar-refractivity contribution in [3.63, 3.8) is 0 Å². The summed E-state index contributed by atoms with van der Waals surface area (Å²) in [7, 11) is 0. The van der Waals surface area contributed by atoms with Crippen LogP contribution in [0, 0.1) is 11.3 Å². The van der Waals surface area contributed by atoms with Crippen molar-refractivity contribution in [3.8, 4) is 11.8 Å². The third-order valence-electron chi connectivity index (χ3n) is 2.64. The first-order valence-electron chi connectivity index (χ1n) is 6.15. The first-order valence-corrected chi connectivity index (χ1v) is 6.56. The van der Waals surface area contributed by atoms with Crippen LogP contribution in [0.2, 0.25) is 0 Å². The zero-order chi connectivity index (χ0) is 13.4. The van der Waals surface area contributed by atoms with Gasteiger partial charge in [-0.25, -0.2) is 0 Å². The lowest BCUT2D eigenvalue weighted by atomic mass is 10.1. The first-order chi connectivity index (χ1) is 8.69. The van der Waals surface area contributed by atoms with E-state index in [0.717, 1.165) is 12.8 Å². The molecule has 0 aliphatic carbocycles. The Bertz CT molecular complexity index is 452. The second-order valence-electron chi connectivity index (χ2n) is 4.10. The van der Waals surface area contributed by atoms with Crippen LogP contribution in [-0.4, -0.2) is 11.6 Å². The molecule has 1 rings (SSSR count). The maximum Gasteiger partial charge on any atom is 0.137 e. The molecule has 1 aromatic rings. The standard InChI is InChI=1S/C14H18N2OS/c1-2-3-4-5-8-17-13-7-6-11(14(16)18)9-12(13)10-15/h6-7,9H,2-5,8H2,1H3,(H2,16,18). The van der Waals surface area contributed by atoms with Gasteiger partial charge in [0.1, 0.15) is 16.8 Å². The molecule has 0 aromatic heterocycles. The summed E-state index contributed by atoms with van der Waals surface area (Å²) >= 11 is 4.88. The average molecular weight is 262 g/mol. The predicted molar refractivity (Wildman–Crippen MR) is 76.7 cm³/mol. The van der Waals surface area contributed by atoms with Crippen molar-refractivity contribution in [2.45, 2.75) is 32.6 Å². The van der Waals surface area contributed by atoms with E-state index in [2.05, 4.69) is 13.0 Å². The van der Waals surface area contributed by atoms with Gasteiger partial charge in [0, 0.05) is 5.56 Å². The van der Waals surface area contributed by atoms with Crippen LogP contribution in [0.15, 0.2) is 18.2 Å². The Hall–Kier alpha value is -1.60. The molecule has 18 heavy (non-hydrogen) atoms. The van der Waals surface area contributed by atoms with Gasteiger partial charge >= 0.3 is 0 Å². The molecule has 0 heterocycles. The molecule has 0 radical (unpaired) electrons. The molecular formula is C14H18N2OS. The molecule has 96 valence electrons. The van der Waals surface area contributed by atoms with Gasteiger partial charge in [-0.3, -0.25) is 0 Å². The van der Waals surface area contributed by atoms with Crippen molar-refractivity contribution < 1.29 is 4.74 Å². The summed E-state index contributed by atoms with van der Waals surface area (Å²) in [4.78, 5) is 0.293. The van der Waals surface area contributed by atoms with E-state index in [4.69, 9.17) is 28.0 Å². The van der Waals surface area contributed by atoms with Crippen molar-refractivity contribution in [1.29, 1.82) is 5.26 Å². The molecule has 3 nitrogen and oxygen atoms in total. The molecule has 0 fully saturated rings. The minimum Gasteiger partial charge on any atom is -0.492 e. The first kappa shape index (κ1) is 14.5. The summed E-state index contributed by atoms with van der Waals surface area (Å²) < 4.78 is 5.60. The highest BCUT2D eigenvalue weighted by Crippen LogP contribution is 2.19. The number of rotatable bonds is 7. The van der Waals surface area contributed by atoms with Gasteiger partial charge in [0.05, 0.1) is 12.2 Å². The van der Waals surface area contributed by atoms with E-state index in [9.17, 15) is 0 Å². The van der Waals surface area contributed by atoms with Crippen LogP contribution in [0.5, 0.6) is 5.75 Å². The van der Waals surface area contributed by atoms with Crippen molar-refractivity contribution in [2.24, 2.45) is 5.73 Å². The maximum atomic E-state index is 9.05. The Labute approximate surface area is 114 Å². The molecule has 4 heteroatoms. The van der Waals surface area contributed by atoms with E-state index in [1.165, 1.54) is 12.8 Å². The van der Waals surface area contributed by atoms with Gasteiger partial charge in [0.15, 0.2) is 0 Å². The van der Waals surface area contributed by atoms with Crippen LogP contribution < -0.4 is 10.5 Å². The topological polar surface area (TPSA) is 59.0 Å². The third-order valence-corrected chi connectivity index (χ3v) is 2.88. The molecule has 0 aliphatic rings.